The summed E-state index contributed by atoms with van der Waals surface area (Å²) in [6.07, 6.45) is 0. The van der Waals surface area contributed by atoms with Gasteiger partial charge in [0.25, 0.3) is 0 Å². The molecule has 16 heavy (non-hydrogen) atoms. The Morgan fingerprint density at radius 3 is 2.38 bits per heavy atom. The third kappa shape index (κ3) is 3.01. The first-order chi connectivity index (χ1) is 7.43. The molecular formula is C9H10Cl3N4+. The van der Waals surface area contributed by atoms with E-state index in [2.05, 4.69) is 10.2 Å². The minimum absolute atomic E-state index is 0.00414. The van der Waals surface area contributed by atoms with Crippen molar-refractivity contribution in [2.45, 2.75) is 6.92 Å². The number of hydrogen-bond acceptors (Lipinski definition) is 1. The van der Waals surface area contributed by atoms with Crippen LogP contribution in [0.5, 0.6) is 0 Å². The number of nitrogens with one attached hydrogen (secondary N) is 1. The summed E-state index contributed by atoms with van der Waals surface area (Å²) in [5.74, 6) is -0.00414. The van der Waals surface area contributed by atoms with E-state index in [1.807, 2.05) is 0 Å². The third-order valence-electron chi connectivity index (χ3n) is 1.78. The van der Waals surface area contributed by atoms with Crippen molar-refractivity contribution >= 4 is 46.5 Å². The van der Waals surface area contributed by atoms with Crippen molar-refractivity contribution in [3.05, 3.63) is 32.8 Å². The Labute approximate surface area is 108 Å². The van der Waals surface area contributed by atoms with E-state index in [1.165, 1.54) is 0 Å². The average molecular weight is 281 g/mol. The maximum Gasteiger partial charge on any atom is 0.362 e. The van der Waals surface area contributed by atoms with Crippen LogP contribution < -0.4 is 16.6 Å². The summed E-state index contributed by atoms with van der Waals surface area (Å²) in [4.78, 5) is 0. The molecule has 0 fully saturated rings. The zero-order valence-corrected chi connectivity index (χ0v) is 10.7. The van der Waals surface area contributed by atoms with Crippen LogP contribution in [0.2, 0.25) is 15.1 Å². The van der Waals surface area contributed by atoms with Crippen LogP contribution in [0.25, 0.3) is 0 Å². The molecular weight excluding hydrogens is 270 g/mol. The summed E-state index contributed by atoms with van der Waals surface area (Å²) in [6, 6.07) is 3.35. The molecule has 0 aliphatic heterocycles. The van der Waals surface area contributed by atoms with Gasteiger partial charge in [0.15, 0.2) is 0 Å². The monoisotopic (exact) mass is 279 g/mol. The van der Waals surface area contributed by atoms with E-state index < -0.39 is 0 Å². The topological polar surface area (TPSA) is 78.4 Å². The second kappa shape index (κ2) is 5.39. The fourth-order valence-corrected chi connectivity index (χ4v) is 1.69. The van der Waals surface area contributed by atoms with Gasteiger partial charge in [-0.25, -0.2) is 0 Å². The van der Waals surface area contributed by atoms with Crippen molar-refractivity contribution < 1.29 is 5.10 Å². The van der Waals surface area contributed by atoms with E-state index in [1.54, 1.807) is 19.1 Å². The second-order valence-electron chi connectivity index (χ2n) is 2.99. The highest BCUT2D eigenvalue weighted by Crippen LogP contribution is 2.32. The van der Waals surface area contributed by atoms with Crippen LogP contribution in [-0.4, -0.2) is 11.7 Å². The smallest absolute Gasteiger partial charge is 0.289 e. The molecule has 1 aromatic carbocycles. The minimum Gasteiger partial charge on any atom is -0.289 e. The molecule has 0 bridgehead atoms. The highest BCUT2D eigenvalue weighted by atomic mass is 35.5. The van der Waals surface area contributed by atoms with Crippen LogP contribution >= 0.6 is 34.8 Å². The second-order valence-corrected chi connectivity index (χ2v) is 4.15. The van der Waals surface area contributed by atoms with Crippen molar-refractivity contribution in [1.29, 1.82) is 0 Å². The van der Waals surface area contributed by atoms with E-state index in [0.717, 1.165) is 0 Å². The molecule has 0 amide bonds. The van der Waals surface area contributed by atoms with Crippen molar-refractivity contribution in [3.8, 4) is 0 Å². The van der Waals surface area contributed by atoms with Crippen LogP contribution in [0, 0.1) is 0 Å². The van der Waals surface area contributed by atoms with Crippen LogP contribution in [0.3, 0.4) is 0 Å². The maximum absolute atomic E-state index is 6.01. The fourth-order valence-electron chi connectivity index (χ4n) is 1.01. The van der Waals surface area contributed by atoms with Crippen LogP contribution in [0.15, 0.2) is 17.2 Å². The molecule has 0 heterocycles. The van der Waals surface area contributed by atoms with Gasteiger partial charge in [-0.15, -0.1) is 5.10 Å². The van der Waals surface area contributed by atoms with E-state index in [4.69, 9.17) is 46.3 Å². The largest absolute Gasteiger partial charge is 0.362 e. The lowest BCUT2D eigenvalue weighted by atomic mass is 10.1. The Kier molecular flexibility index (Phi) is 4.41. The lowest BCUT2D eigenvalue weighted by Gasteiger charge is -2.05. The Hall–Kier alpha value is -0.970. The van der Waals surface area contributed by atoms with Gasteiger partial charge in [-0.1, -0.05) is 34.8 Å². The van der Waals surface area contributed by atoms with E-state index in [0.29, 0.717) is 26.3 Å². The molecule has 0 saturated carbocycles. The van der Waals surface area contributed by atoms with Crippen molar-refractivity contribution in [3.63, 3.8) is 0 Å². The fraction of sp³-hybridized carbons (Fsp3) is 0.111. The van der Waals surface area contributed by atoms with Gasteiger partial charge in [0, 0.05) is 5.56 Å². The molecule has 0 atom stereocenters. The summed E-state index contributed by atoms with van der Waals surface area (Å²) in [5, 5.41) is 7.37. The molecule has 0 aliphatic carbocycles. The molecule has 7 heteroatoms. The predicted octanol–water partition coefficient (Wildman–Crippen LogP) is 0.725. The Morgan fingerprint density at radius 1 is 1.19 bits per heavy atom. The number of halogens is 3. The lowest BCUT2D eigenvalue weighted by Crippen LogP contribution is -2.72. The standard InChI is InChI=1S/C9H9Cl3N4/c1-4(15-16-9(13)14)5-2-3-6(10)8(12)7(5)11/h2-3H,1H3,(H4,13,14,16)/p+1/b15-4-. The molecule has 86 valence electrons. The zero-order valence-electron chi connectivity index (χ0n) is 8.39. The summed E-state index contributed by atoms with van der Waals surface area (Å²) in [7, 11) is 0. The van der Waals surface area contributed by atoms with E-state index in [9.17, 15) is 0 Å². The Morgan fingerprint density at radius 2 is 1.81 bits per heavy atom. The van der Waals surface area contributed by atoms with Gasteiger partial charge in [0.05, 0.1) is 20.8 Å². The molecule has 0 saturated heterocycles. The molecule has 4 nitrogen and oxygen atoms in total. The van der Waals surface area contributed by atoms with Gasteiger partial charge in [0.1, 0.15) is 0 Å². The molecule has 5 N–H and O–H groups in total. The number of nitrogens with zero attached hydrogens (tertiary/aromatic N) is 1. The summed E-state index contributed by atoms with van der Waals surface area (Å²) in [5.41, 5.74) is 11.7. The number of hydrogen-bond donors (Lipinski definition) is 3. The minimum atomic E-state index is -0.00414. The highest BCUT2D eigenvalue weighted by molar-refractivity contribution is 6.49. The van der Waals surface area contributed by atoms with Crippen LogP contribution in [-0.2, 0) is 0 Å². The number of rotatable bonds is 2. The van der Waals surface area contributed by atoms with Crippen molar-refractivity contribution in [2.24, 2.45) is 16.6 Å². The lowest BCUT2D eigenvalue weighted by molar-refractivity contribution is -0.464. The third-order valence-corrected chi connectivity index (χ3v) is 3.07. The highest BCUT2D eigenvalue weighted by Gasteiger charge is 2.10. The van der Waals surface area contributed by atoms with Crippen molar-refractivity contribution in [2.75, 3.05) is 0 Å². The number of guanidine groups is 1. The molecule has 0 unspecified atom stereocenters. The SMILES string of the molecule is C/C(=N/[NH+]=C(N)N)c1ccc(Cl)c(Cl)c1Cl. The zero-order chi connectivity index (χ0) is 12.3. The van der Waals surface area contributed by atoms with Gasteiger partial charge in [-0.2, -0.15) is 5.10 Å². The number of hydrazone groups is 1. The first-order valence-corrected chi connectivity index (χ1v) is 5.39. The number of nitrogens with two attached hydrogens (primary N) is 2. The molecule has 0 spiro atoms. The van der Waals surface area contributed by atoms with Gasteiger partial charge >= 0.3 is 5.96 Å². The molecule has 0 aromatic heterocycles. The van der Waals surface area contributed by atoms with Gasteiger partial charge in [0.2, 0.25) is 0 Å². The first kappa shape index (κ1) is 13.1. The first-order valence-electron chi connectivity index (χ1n) is 4.25. The van der Waals surface area contributed by atoms with Crippen LogP contribution in [0.4, 0.5) is 0 Å². The summed E-state index contributed by atoms with van der Waals surface area (Å²) < 4.78 is 0. The van der Waals surface area contributed by atoms with Gasteiger partial charge in [-0.05, 0) is 19.1 Å². The summed E-state index contributed by atoms with van der Waals surface area (Å²) in [6.45, 7) is 1.74. The van der Waals surface area contributed by atoms with E-state index >= 15 is 0 Å². The number of benzene rings is 1. The van der Waals surface area contributed by atoms with Gasteiger partial charge < -0.3 is 0 Å². The maximum atomic E-state index is 6.01. The van der Waals surface area contributed by atoms with Gasteiger partial charge in [-0.3, -0.25) is 11.5 Å². The molecule has 0 aliphatic rings. The van der Waals surface area contributed by atoms with E-state index in [-0.39, 0.29) is 5.96 Å². The van der Waals surface area contributed by atoms with Crippen LogP contribution in [0.1, 0.15) is 12.5 Å². The Balaban J connectivity index is 3.20. The predicted molar refractivity (Wildman–Crippen MR) is 68.0 cm³/mol. The quantitative estimate of drug-likeness (QED) is 0.323. The molecule has 1 rings (SSSR count). The molecule has 1 aromatic rings. The Bertz CT molecular complexity index is 464. The van der Waals surface area contributed by atoms with Crippen molar-refractivity contribution in [1.82, 2.24) is 0 Å². The summed E-state index contributed by atoms with van der Waals surface area (Å²) >= 11 is 17.7. The normalized spacial score (nSPS) is 11.4. The average Bonchev–Trinajstić information content (AvgIpc) is 2.23. The molecule has 0 radical (unpaired) electrons.